The second kappa shape index (κ2) is 8.21. The highest BCUT2D eigenvalue weighted by atomic mass is 31.1. The fourth-order valence-corrected chi connectivity index (χ4v) is 4.39. The van der Waals surface area contributed by atoms with E-state index in [0.717, 1.165) is 32.6 Å². The molecule has 0 aromatic carbocycles. The molecule has 0 bridgehead atoms. The van der Waals surface area contributed by atoms with Gasteiger partial charge in [-0.3, -0.25) is 4.99 Å². The largest absolute Gasteiger partial charge is 0.288 e. The van der Waals surface area contributed by atoms with Crippen LogP contribution in [0.2, 0.25) is 0 Å². The summed E-state index contributed by atoms with van der Waals surface area (Å²) in [5.74, 6) is 0. The van der Waals surface area contributed by atoms with Crippen LogP contribution in [0.15, 0.2) is 4.99 Å². The van der Waals surface area contributed by atoms with Crippen LogP contribution in [0.4, 0.5) is 0 Å². The van der Waals surface area contributed by atoms with E-state index in [1.54, 1.807) is 0 Å². The third-order valence-electron chi connectivity index (χ3n) is 3.40. The SMILES string of the molecule is CCCCN=C1CCN(C)N(N(CC)CC)P1C. The van der Waals surface area contributed by atoms with Crippen molar-refractivity contribution in [1.82, 2.24) is 14.9 Å². The molecule has 1 rings (SSSR count). The van der Waals surface area contributed by atoms with Gasteiger partial charge in [-0.1, -0.05) is 27.2 Å². The summed E-state index contributed by atoms with van der Waals surface area (Å²) < 4.78 is 0. The van der Waals surface area contributed by atoms with Gasteiger partial charge in [-0.25, -0.2) is 10.0 Å². The van der Waals surface area contributed by atoms with Gasteiger partial charge in [0.2, 0.25) is 0 Å². The lowest BCUT2D eigenvalue weighted by Gasteiger charge is -2.46. The molecule has 106 valence electrons. The molecule has 0 saturated carbocycles. The first-order valence-electron chi connectivity index (χ1n) is 7.18. The third kappa shape index (κ3) is 3.99. The van der Waals surface area contributed by atoms with E-state index in [1.165, 1.54) is 18.3 Å². The highest BCUT2D eigenvalue weighted by Crippen LogP contribution is 2.44. The number of hydrazine groups is 2. The maximum absolute atomic E-state index is 4.84. The van der Waals surface area contributed by atoms with Crippen LogP contribution in [0.1, 0.15) is 40.0 Å². The van der Waals surface area contributed by atoms with Crippen LogP contribution < -0.4 is 0 Å². The molecule has 1 heterocycles. The average Bonchev–Trinajstić information content (AvgIpc) is 2.37. The Bertz CT molecular complexity index is 266. The zero-order valence-electron chi connectivity index (χ0n) is 12.7. The number of rotatable bonds is 6. The van der Waals surface area contributed by atoms with Crippen molar-refractivity contribution >= 4 is 13.5 Å². The van der Waals surface area contributed by atoms with Gasteiger partial charge in [-0.05, 0) is 13.1 Å². The molecular weight excluding hydrogens is 243 g/mol. The summed E-state index contributed by atoms with van der Waals surface area (Å²) in [5, 5.41) is 4.78. The van der Waals surface area contributed by atoms with E-state index < -0.39 is 0 Å². The van der Waals surface area contributed by atoms with E-state index in [4.69, 9.17) is 4.99 Å². The molecule has 1 atom stereocenters. The first kappa shape index (κ1) is 16.0. The summed E-state index contributed by atoms with van der Waals surface area (Å²) in [5.41, 5.74) is 1.43. The summed E-state index contributed by atoms with van der Waals surface area (Å²) in [4.78, 5) is 7.29. The second-order valence-corrected chi connectivity index (χ2v) is 6.63. The Morgan fingerprint density at radius 3 is 2.50 bits per heavy atom. The highest BCUT2D eigenvalue weighted by molar-refractivity contribution is 7.72. The van der Waals surface area contributed by atoms with Crippen LogP contribution in [-0.4, -0.2) is 60.3 Å². The normalized spacial score (nSPS) is 25.2. The number of aliphatic imine (C=N–C) groups is 1. The maximum Gasteiger partial charge on any atom is 0.0543 e. The Balaban J connectivity index is 2.73. The maximum atomic E-state index is 4.84. The van der Waals surface area contributed by atoms with Crippen molar-refractivity contribution in [3.8, 4) is 0 Å². The van der Waals surface area contributed by atoms with Gasteiger partial charge >= 0.3 is 0 Å². The fourth-order valence-electron chi connectivity index (χ4n) is 2.28. The third-order valence-corrected chi connectivity index (χ3v) is 5.60. The lowest BCUT2D eigenvalue weighted by Crippen LogP contribution is -2.52. The molecule has 0 aromatic rings. The molecule has 0 N–H and O–H groups in total. The van der Waals surface area contributed by atoms with E-state index in [2.05, 4.69) is 49.4 Å². The summed E-state index contributed by atoms with van der Waals surface area (Å²) in [7, 11) is 1.90. The van der Waals surface area contributed by atoms with Crippen LogP contribution in [0.3, 0.4) is 0 Å². The molecule has 0 amide bonds. The van der Waals surface area contributed by atoms with Crippen LogP contribution in [0.5, 0.6) is 0 Å². The number of unbranched alkanes of at least 4 members (excludes halogenated alkanes) is 1. The van der Waals surface area contributed by atoms with Crippen molar-refractivity contribution < 1.29 is 0 Å². The molecule has 1 saturated heterocycles. The minimum Gasteiger partial charge on any atom is -0.288 e. The zero-order chi connectivity index (χ0) is 13.5. The van der Waals surface area contributed by atoms with Gasteiger partial charge in [-0.15, -0.1) is 4.89 Å². The minimum absolute atomic E-state index is 0.290. The first-order valence-corrected chi connectivity index (χ1v) is 8.92. The quantitative estimate of drug-likeness (QED) is 0.548. The van der Waals surface area contributed by atoms with Crippen molar-refractivity contribution in [1.29, 1.82) is 0 Å². The second-order valence-electron chi connectivity index (χ2n) is 4.71. The summed E-state index contributed by atoms with van der Waals surface area (Å²) in [6, 6.07) is 0. The van der Waals surface area contributed by atoms with Gasteiger partial charge in [0, 0.05) is 47.7 Å². The molecule has 0 aliphatic carbocycles. The summed E-state index contributed by atoms with van der Waals surface area (Å²) in [6.07, 6.45) is 3.59. The Labute approximate surface area is 114 Å². The number of hydrogen-bond donors (Lipinski definition) is 0. The van der Waals surface area contributed by atoms with Crippen molar-refractivity contribution in [2.24, 2.45) is 4.99 Å². The molecule has 18 heavy (non-hydrogen) atoms. The predicted molar refractivity (Wildman–Crippen MR) is 82.1 cm³/mol. The van der Waals surface area contributed by atoms with Gasteiger partial charge in [-0.2, -0.15) is 0 Å². The van der Waals surface area contributed by atoms with Gasteiger partial charge < -0.3 is 0 Å². The van der Waals surface area contributed by atoms with Crippen molar-refractivity contribution in [3.63, 3.8) is 0 Å². The standard InChI is InChI=1S/C13H29N4P/c1-6-9-11-14-13-10-12-15(4)17(18(13)5)16(7-2)8-3/h6-12H2,1-5H3. The Hall–Kier alpha value is -0.0200. The molecular formula is C13H29N4P. The highest BCUT2D eigenvalue weighted by Gasteiger charge is 2.31. The van der Waals surface area contributed by atoms with E-state index in [1.807, 2.05) is 0 Å². The molecule has 1 fully saturated rings. The Kier molecular flexibility index (Phi) is 7.31. The Morgan fingerprint density at radius 1 is 1.28 bits per heavy atom. The van der Waals surface area contributed by atoms with E-state index >= 15 is 0 Å². The number of nitrogens with zero attached hydrogens (tertiary/aromatic N) is 4. The Morgan fingerprint density at radius 2 is 1.94 bits per heavy atom. The van der Waals surface area contributed by atoms with E-state index in [9.17, 15) is 0 Å². The van der Waals surface area contributed by atoms with Crippen LogP contribution in [0, 0.1) is 0 Å². The fraction of sp³-hybridized carbons (Fsp3) is 0.923. The molecule has 5 heteroatoms. The molecule has 4 nitrogen and oxygen atoms in total. The lowest BCUT2D eigenvalue weighted by molar-refractivity contribution is -0.0862. The zero-order valence-corrected chi connectivity index (χ0v) is 13.6. The average molecular weight is 272 g/mol. The molecule has 1 unspecified atom stereocenters. The van der Waals surface area contributed by atoms with Crippen LogP contribution >= 0.6 is 8.07 Å². The molecule has 1 aliphatic heterocycles. The summed E-state index contributed by atoms with van der Waals surface area (Å²) in [6.45, 7) is 13.2. The predicted octanol–water partition coefficient (Wildman–Crippen LogP) is 3.02. The first-order chi connectivity index (χ1) is 8.65. The molecule has 0 radical (unpaired) electrons. The van der Waals surface area contributed by atoms with Crippen molar-refractivity contribution in [2.45, 2.75) is 40.0 Å². The topological polar surface area (TPSA) is 22.1 Å². The van der Waals surface area contributed by atoms with E-state index in [0.29, 0.717) is 0 Å². The van der Waals surface area contributed by atoms with Gasteiger partial charge in [0.25, 0.3) is 0 Å². The van der Waals surface area contributed by atoms with Crippen molar-refractivity contribution in [2.75, 3.05) is 39.9 Å². The minimum atomic E-state index is -0.290. The monoisotopic (exact) mass is 272 g/mol. The molecule has 1 aliphatic rings. The van der Waals surface area contributed by atoms with E-state index in [-0.39, 0.29) is 8.07 Å². The summed E-state index contributed by atoms with van der Waals surface area (Å²) >= 11 is 0. The van der Waals surface area contributed by atoms with Gasteiger partial charge in [0.1, 0.15) is 0 Å². The molecule has 0 spiro atoms. The number of hydrogen-bond acceptors (Lipinski definition) is 4. The lowest BCUT2D eigenvalue weighted by atomic mass is 10.3. The molecule has 0 aromatic heterocycles. The van der Waals surface area contributed by atoms with Crippen LogP contribution in [0.25, 0.3) is 0 Å². The van der Waals surface area contributed by atoms with Gasteiger partial charge in [0.05, 0.1) is 5.45 Å². The van der Waals surface area contributed by atoms with Crippen molar-refractivity contribution in [3.05, 3.63) is 0 Å². The van der Waals surface area contributed by atoms with Gasteiger partial charge in [0.15, 0.2) is 0 Å². The van der Waals surface area contributed by atoms with Crippen LogP contribution in [-0.2, 0) is 0 Å². The smallest absolute Gasteiger partial charge is 0.0543 e.